The molecule has 0 amide bonds. The molecule has 0 aliphatic heterocycles. The van der Waals surface area contributed by atoms with Gasteiger partial charge in [0, 0.05) is 0 Å². The van der Waals surface area contributed by atoms with Crippen LogP contribution >= 0.6 is 0 Å². The van der Waals surface area contributed by atoms with Gasteiger partial charge in [0.05, 0.1) is 0 Å². The smallest absolute Gasteiger partial charge is 0.875 e. The van der Waals surface area contributed by atoms with Crippen molar-refractivity contribution in [2.75, 3.05) is 0 Å². The normalized spacial score (nSPS) is 22.9. The second-order valence-corrected chi connectivity index (χ2v) is 5.24. The molecule has 0 heterocycles. The van der Waals surface area contributed by atoms with E-state index in [2.05, 4.69) is 19.1 Å². The summed E-state index contributed by atoms with van der Waals surface area (Å²) in [6, 6.07) is 10.0. The Morgan fingerprint density at radius 3 is 2.25 bits per heavy atom. The van der Waals surface area contributed by atoms with Crippen LogP contribution in [0.2, 0.25) is 0 Å². The summed E-state index contributed by atoms with van der Waals surface area (Å²) in [5.74, 6) is 0.298. The van der Waals surface area contributed by atoms with Gasteiger partial charge in [0.15, 0.2) is 0 Å². The fourth-order valence-corrected chi connectivity index (χ4v) is 2.37. The molecule has 0 aromatic heterocycles. The fourth-order valence-electron chi connectivity index (χ4n) is 2.37. The van der Waals surface area contributed by atoms with Crippen LogP contribution in [-0.4, -0.2) is 0 Å². The van der Waals surface area contributed by atoms with E-state index in [-0.39, 0.29) is 22.5 Å². The zero-order chi connectivity index (χ0) is 13.6. The maximum Gasteiger partial charge on any atom is 2.00 e. The minimum absolute atomic E-state index is 0. The van der Waals surface area contributed by atoms with Crippen molar-refractivity contribution in [2.24, 2.45) is 5.41 Å². The molecule has 0 saturated carbocycles. The maximum atomic E-state index is 12.1. The molecule has 0 fully saturated rings. The minimum atomic E-state index is -0.164. The molecular formula is C18H20FeO. The van der Waals surface area contributed by atoms with Gasteiger partial charge in [-0.25, -0.2) is 12.1 Å². The molecule has 20 heavy (non-hydrogen) atoms. The quantitative estimate of drug-likeness (QED) is 0.334. The predicted molar refractivity (Wildman–Crippen MR) is 78.4 cm³/mol. The molecule has 2 aliphatic rings. The molecule has 106 valence electrons. The van der Waals surface area contributed by atoms with Gasteiger partial charge in [0.25, 0.3) is 0 Å². The molecule has 1 atom stereocenters. The van der Waals surface area contributed by atoms with Crippen molar-refractivity contribution in [3.8, 4) is 0 Å². The number of rotatable bonds is 1. The summed E-state index contributed by atoms with van der Waals surface area (Å²) in [7, 11) is 0. The van der Waals surface area contributed by atoms with Crippen molar-refractivity contribution in [1.29, 1.82) is 0 Å². The van der Waals surface area contributed by atoms with Gasteiger partial charge in [-0.1, -0.05) is 43.4 Å². The van der Waals surface area contributed by atoms with Gasteiger partial charge in [-0.2, -0.15) is 18.2 Å². The van der Waals surface area contributed by atoms with Crippen LogP contribution in [0, 0.1) is 5.41 Å². The van der Waals surface area contributed by atoms with Crippen LogP contribution in [0.1, 0.15) is 26.2 Å². The van der Waals surface area contributed by atoms with E-state index in [9.17, 15) is 5.11 Å². The van der Waals surface area contributed by atoms with Crippen molar-refractivity contribution in [2.45, 2.75) is 26.2 Å². The van der Waals surface area contributed by atoms with Crippen LogP contribution in [0.4, 0.5) is 0 Å². The molecular weight excluding hydrogens is 288 g/mol. The van der Waals surface area contributed by atoms with Gasteiger partial charge in [-0.15, -0.1) is 5.76 Å². The van der Waals surface area contributed by atoms with Crippen molar-refractivity contribution >= 4 is 0 Å². The molecule has 1 aromatic rings. The predicted octanol–water partition coefficient (Wildman–Crippen LogP) is 3.88. The summed E-state index contributed by atoms with van der Waals surface area (Å²) in [5.41, 5.74) is 0.700. The molecule has 0 N–H and O–H groups in total. The molecule has 3 rings (SSSR count). The van der Waals surface area contributed by atoms with Gasteiger partial charge >= 0.3 is 17.1 Å². The summed E-state index contributed by atoms with van der Waals surface area (Å²) in [6.07, 6.45) is 14.9. The first-order valence-electron chi connectivity index (χ1n) is 6.81. The van der Waals surface area contributed by atoms with Gasteiger partial charge in [0.1, 0.15) is 0 Å². The van der Waals surface area contributed by atoms with E-state index in [0.717, 1.165) is 24.8 Å². The van der Waals surface area contributed by atoms with E-state index < -0.39 is 0 Å². The van der Waals surface area contributed by atoms with Crippen LogP contribution in [0.5, 0.6) is 0 Å². The summed E-state index contributed by atoms with van der Waals surface area (Å²) in [6.45, 7) is 2.08. The Morgan fingerprint density at radius 2 is 1.80 bits per heavy atom. The molecule has 2 heteroatoms. The van der Waals surface area contributed by atoms with Gasteiger partial charge in [-0.05, 0) is 30.3 Å². The summed E-state index contributed by atoms with van der Waals surface area (Å²) < 4.78 is 0. The molecule has 0 bridgehead atoms. The van der Waals surface area contributed by atoms with Crippen LogP contribution in [0.25, 0.3) is 0 Å². The van der Waals surface area contributed by atoms with Crippen LogP contribution in [0.15, 0.2) is 78.1 Å². The Hall–Kier alpha value is -1.37. The van der Waals surface area contributed by atoms with Crippen LogP contribution in [-0.2, 0) is 17.1 Å². The molecule has 0 radical (unpaired) electrons. The van der Waals surface area contributed by atoms with Gasteiger partial charge in [-0.3, -0.25) is 0 Å². The van der Waals surface area contributed by atoms with E-state index in [4.69, 9.17) is 0 Å². The zero-order valence-corrected chi connectivity index (χ0v) is 12.8. The van der Waals surface area contributed by atoms with Crippen molar-refractivity contribution < 1.29 is 22.2 Å². The molecule has 0 spiro atoms. The Morgan fingerprint density at radius 1 is 1.15 bits per heavy atom. The zero-order valence-electron chi connectivity index (χ0n) is 11.7. The van der Waals surface area contributed by atoms with Crippen LogP contribution < -0.4 is 5.11 Å². The second-order valence-electron chi connectivity index (χ2n) is 5.24. The SMILES string of the molecule is CC1(C([O-])=C2C=CC=C2)CC=CCC1.[Fe+2].c1cc[cH-]c1. The van der Waals surface area contributed by atoms with Crippen molar-refractivity contribution in [3.63, 3.8) is 0 Å². The van der Waals surface area contributed by atoms with Gasteiger partial charge < -0.3 is 5.11 Å². The summed E-state index contributed by atoms with van der Waals surface area (Å²) in [4.78, 5) is 0. The third-order valence-corrected chi connectivity index (χ3v) is 3.63. The number of hydrogen-bond donors (Lipinski definition) is 0. The van der Waals surface area contributed by atoms with E-state index in [0.29, 0.717) is 5.76 Å². The first kappa shape index (κ1) is 16.7. The van der Waals surface area contributed by atoms with E-state index in [1.165, 1.54) is 0 Å². The summed E-state index contributed by atoms with van der Waals surface area (Å²) in [5, 5.41) is 12.1. The molecule has 0 saturated heterocycles. The summed E-state index contributed by atoms with van der Waals surface area (Å²) >= 11 is 0. The van der Waals surface area contributed by atoms with Crippen LogP contribution in [0.3, 0.4) is 0 Å². The first-order valence-corrected chi connectivity index (χ1v) is 6.81. The van der Waals surface area contributed by atoms with E-state index in [1.54, 1.807) is 0 Å². The molecule has 1 nitrogen and oxygen atoms in total. The van der Waals surface area contributed by atoms with Gasteiger partial charge in [0.2, 0.25) is 0 Å². The van der Waals surface area contributed by atoms with Crippen molar-refractivity contribution in [1.82, 2.24) is 0 Å². The van der Waals surface area contributed by atoms with Crippen molar-refractivity contribution in [3.05, 3.63) is 78.1 Å². The number of allylic oxidation sites excluding steroid dienone is 8. The molecule has 2 aliphatic carbocycles. The third-order valence-electron chi connectivity index (χ3n) is 3.63. The largest absolute Gasteiger partial charge is 2.00 e. The average molecular weight is 308 g/mol. The second kappa shape index (κ2) is 8.04. The number of hydrogen-bond acceptors (Lipinski definition) is 1. The Kier molecular flexibility index (Phi) is 6.70. The standard InChI is InChI=1S/C13H16O.C5H5.Fe/c1-13(9-5-2-6-10-13)12(14)11-7-3-4-8-11;1-2-4-5-3-1;/h2-5,7-8,14H,6,9-10H2,1H3;1-5H;/q;-1;+2/p-1. The molecule has 1 unspecified atom stereocenters. The topological polar surface area (TPSA) is 23.1 Å². The monoisotopic (exact) mass is 308 g/mol. The fraction of sp³-hybridized carbons (Fsp3) is 0.278. The minimum Gasteiger partial charge on any atom is -0.875 e. The Bertz CT molecular complexity index is 474. The Labute approximate surface area is 132 Å². The molecule has 1 aromatic carbocycles. The third kappa shape index (κ3) is 4.33. The van der Waals surface area contributed by atoms with E-state index >= 15 is 0 Å². The first-order chi connectivity index (χ1) is 9.22. The average Bonchev–Trinajstić information content (AvgIpc) is 3.14. The Balaban J connectivity index is 0.000000283. The maximum absolute atomic E-state index is 12.1. The van der Waals surface area contributed by atoms with E-state index in [1.807, 2.05) is 54.6 Å².